The molecule has 0 aromatic carbocycles. The molecule has 5 heteroatoms. The number of nitrogens with zero attached hydrogens (tertiary/aromatic N) is 3. The summed E-state index contributed by atoms with van der Waals surface area (Å²) in [6.45, 7) is 6.11. The van der Waals surface area contributed by atoms with Gasteiger partial charge in [0.25, 0.3) is 0 Å². The molecule has 0 bridgehead atoms. The highest BCUT2D eigenvalue weighted by molar-refractivity contribution is 9.10. The number of hydrogen-bond donors (Lipinski definition) is 1. The molecule has 0 spiro atoms. The maximum absolute atomic E-state index is 4.50. The van der Waals surface area contributed by atoms with Gasteiger partial charge in [-0.15, -0.1) is 0 Å². The standard InChI is InChI=1S/C12H21BrN4/c1-4-6-7-8-17(3)11-10(13)9-15-12(16-11)14-5-2/h9H,4-8H2,1-3H3,(H,14,15,16). The van der Waals surface area contributed by atoms with Crippen molar-refractivity contribution in [3.05, 3.63) is 10.7 Å². The molecule has 0 unspecified atom stereocenters. The molecule has 0 aliphatic carbocycles. The molecule has 0 fully saturated rings. The first kappa shape index (κ1) is 14.2. The lowest BCUT2D eigenvalue weighted by Crippen LogP contribution is -2.21. The van der Waals surface area contributed by atoms with Gasteiger partial charge in [0.2, 0.25) is 5.95 Å². The minimum absolute atomic E-state index is 0.688. The van der Waals surface area contributed by atoms with Crippen LogP contribution in [-0.4, -0.2) is 30.1 Å². The molecule has 0 aliphatic rings. The van der Waals surface area contributed by atoms with Crippen LogP contribution in [0.25, 0.3) is 0 Å². The second-order valence-corrected chi connectivity index (χ2v) is 4.88. The highest BCUT2D eigenvalue weighted by atomic mass is 79.9. The Balaban J connectivity index is 2.69. The zero-order valence-corrected chi connectivity index (χ0v) is 12.4. The molecular weight excluding hydrogens is 280 g/mol. The summed E-state index contributed by atoms with van der Waals surface area (Å²) >= 11 is 3.50. The van der Waals surface area contributed by atoms with Gasteiger partial charge in [-0.05, 0) is 29.3 Å². The fourth-order valence-electron chi connectivity index (χ4n) is 1.57. The van der Waals surface area contributed by atoms with Crippen LogP contribution in [0.5, 0.6) is 0 Å². The molecule has 0 radical (unpaired) electrons. The Morgan fingerprint density at radius 1 is 1.35 bits per heavy atom. The smallest absolute Gasteiger partial charge is 0.224 e. The molecule has 0 saturated heterocycles. The molecular formula is C12H21BrN4. The van der Waals surface area contributed by atoms with Crippen molar-refractivity contribution in [3.8, 4) is 0 Å². The van der Waals surface area contributed by atoms with E-state index < -0.39 is 0 Å². The van der Waals surface area contributed by atoms with E-state index in [4.69, 9.17) is 0 Å². The van der Waals surface area contributed by atoms with Crippen LogP contribution in [0.15, 0.2) is 10.7 Å². The van der Waals surface area contributed by atoms with Crippen molar-refractivity contribution < 1.29 is 0 Å². The quantitative estimate of drug-likeness (QED) is 0.785. The van der Waals surface area contributed by atoms with E-state index in [1.807, 2.05) is 6.92 Å². The van der Waals surface area contributed by atoms with Gasteiger partial charge in [-0.1, -0.05) is 19.8 Å². The minimum atomic E-state index is 0.688. The van der Waals surface area contributed by atoms with E-state index in [1.54, 1.807) is 6.20 Å². The summed E-state index contributed by atoms with van der Waals surface area (Å²) in [7, 11) is 2.07. The fourth-order valence-corrected chi connectivity index (χ4v) is 2.07. The third kappa shape index (κ3) is 4.50. The lowest BCUT2D eigenvalue weighted by atomic mass is 10.2. The first-order chi connectivity index (χ1) is 8.19. The summed E-state index contributed by atoms with van der Waals surface area (Å²) < 4.78 is 0.943. The maximum atomic E-state index is 4.50. The van der Waals surface area contributed by atoms with Gasteiger partial charge in [0, 0.05) is 26.3 Å². The molecule has 4 nitrogen and oxygen atoms in total. The molecule has 1 heterocycles. The van der Waals surface area contributed by atoms with Crippen LogP contribution in [0.4, 0.5) is 11.8 Å². The number of hydrogen-bond acceptors (Lipinski definition) is 4. The number of aromatic nitrogens is 2. The molecule has 1 rings (SSSR count). The summed E-state index contributed by atoms with van der Waals surface area (Å²) in [5.74, 6) is 1.64. The van der Waals surface area contributed by atoms with Crippen molar-refractivity contribution in [2.75, 3.05) is 30.4 Å². The zero-order chi connectivity index (χ0) is 12.7. The topological polar surface area (TPSA) is 41.1 Å². The van der Waals surface area contributed by atoms with E-state index in [1.165, 1.54) is 19.3 Å². The molecule has 96 valence electrons. The van der Waals surface area contributed by atoms with Gasteiger partial charge in [-0.2, -0.15) is 4.98 Å². The monoisotopic (exact) mass is 300 g/mol. The number of nitrogens with one attached hydrogen (secondary N) is 1. The average Bonchev–Trinajstić information content (AvgIpc) is 2.32. The van der Waals surface area contributed by atoms with Crippen molar-refractivity contribution in [2.45, 2.75) is 33.1 Å². The number of halogens is 1. The highest BCUT2D eigenvalue weighted by Crippen LogP contribution is 2.23. The largest absolute Gasteiger partial charge is 0.359 e. The number of rotatable bonds is 7. The maximum Gasteiger partial charge on any atom is 0.224 e. The molecule has 1 aromatic heterocycles. The Morgan fingerprint density at radius 3 is 2.76 bits per heavy atom. The van der Waals surface area contributed by atoms with Crippen LogP contribution in [0, 0.1) is 0 Å². The first-order valence-corrected chi connectivity index (χ1v) is 6.95. The van der Waals surface area contributed by atoms with Gasteiger partial charge >= 0.3 is 0 Å². The van der Waals surface area contributed by atoms with Crippen LogP contribution in [-0.2, 0) is 0 Å². The normalized spacial score (nSPS) is 10.4. The Labute approximate surface area is 112 Å². The van der Waals surface area contributed by atoms with Gasteiger partial charge in [-0.3, -0.25) is 0 Å². The lowest BCUT2D eigenvalue weighted by Gasteiger charge is -2.19. The molecule has 0 amide bonds. The van der Waals surface area contributed by atoms with Crippen LogP contribution in [0.3, 0.4) is 0 Å². The highest BCUT2D eigenvalue weighted by Gasteiger charge is 2.09. The van der Waals surface area contributed by atoms with E-state index in [-0.39, 0.29) is 0 Å². The second-order valence-electron chi connectivity index (χ2n) is 4.02. The predicted molar refractivity (Wildman–Crippen MR) is 76.7 cm³/mol. The Bertz CT molecular complexity index is 343. The molecule has 1 N–H and O–H groups in total. The number of unbranched alkanes of at least 4 members (excludes halogenated alkanes) is 2. The first-order valence-electron chi connectivity index (χ1n) is 6.16. The van der Waals surface area contributed by atoms with Gasteiger partial charge in [-0.25, -0.2) is 4.98 Å². The summed E-state index contributed by atoms with van der Waals surface area (Å²) in [6.07, 6.45) is 5.49. The van der Waals surface area contributed by atoms with Crippen LogP contribution in [0.2, 0.25) is 0 Å². The van der Waals surface area contributed by atoms with Crippen molar-refractivity contribution in [3.63, 3.8) is 0 Å². The van der Waals surface area contributed by atoms with Crippen LogP contribution >= 0.6 is 15.9 Å². The minimum Gasteiger partial charge on any atom is -0.359 e. The van der Waals surface area contributed by atoms with Crippen LogP contribution in [0.1, 0.15) is 33.1 Å². The van der Waals surface area contributed by atoms with Crippen molar-refractivity contribution in [2.24, 2.45) is 0 Å². The third-order valence-corrected chi connectivity index (χ3v) is 3.08. The molecule has 0 saturated carbocycles. The molecule has 0 aliphatic heterocycles. The van der Waals surface area contributed by atoms with E-state index in [0.29, 0.717) is 5.95 Å². The lowest BCUT2D eigenvalue weighted by molar-refractivity contribution is 0.700. The Hall–Kier alpha value is -0.840. The van der Waals surface area contributed by atoms with Gasteiger partial charge < -0.3 is 10.2 Å². The van der Waals surface area contributed by atoms with Crippen molar-refractivity contribution >= 4 is 27.7 Å². The van der Waals surface area contributed by atoms with E-state index >= 15 is 0 Å². The van der Waals surface area contributed by atoms with E-state index in [2.05, 4.69) is 50.1 Å². The summed E-state index contributed by atoms with van der Waals surface area (Å²) in [6, 6.07) is 0. The van der Waals surface area contributed by atoms with Gasteiger partial charge in [0.1, 0.15) is 5.82 Å². The molecule has 0 atom stereocenters. The Morgan fingerprint density at radius 2 is 2.12 bits per heavy atom. The Kier molecular flexibility index (Phi) is 6.26. The molecule has 1 aromatic rings. The predicted octanol–water partition coefficient (Wildman–Crippen LogP) is 3.30. The summed E-state index contributed by atoms with van der Waals surface area (Å²) in [4.78, 5) is 10.9. The SMILES string of the molecule is CCCCCN(C)c1nc(NCC)ncc1Br. The molecule has 17 heavy (non-hydrogen) atoms. The summed E-state index contributed by atoms with van der Waals surface area (Å²) in [5, 5.41) is 3.13. The second kappa shape index (κ2) is 7.48. The van der Waals surface area contributed by atoms with Gasteiger partial charge in [0.05, 0.1) is 4.47 Å². The van der Waals surface area contributed by atoms with Crippen LogP contribution < -0.4 is 10.2 Å². The fraction of sp³-hybridized carbons (Fsp3) is 0.667. The van der Waals surface area contributed by atoms with E-state index in [0.717, 1.165) is 23.4 Å². The zero-order valence-electron chi connectivity index (χ0n) is 10.8. The van der Waals surface area contributed by atoms with Gasteiger partial charge in [0.15, 0.2) is 0 Å². The summed E-state index contributed by atoms with van der Waals surface area (Å²) in [5.41, 5.74) is 0. The number of anilines is 2. The average molecular weight is 301 g/mol. The van der Waals surface area contributed by atoms with E-state index in [9.17, 15) is 0 Å². The van der Waals surface area contributed by atoms with Crippen molar-refractivity contribution in [1.29, 1.82) is 0 Å². The third-order valence-electron chi connectivity index (χ3n) is 2.52. The van der Waals surface area contributed by atoms with Crippen molar-refractivity contribution in [1.82, 2.24) is 9.97 Å².